The van der Waals surface area contributed by atoms with Gasteiger partial charge >= 0.3 is 0 Å². The highest BCUT2D eigenvalue weighted by molar-refractivity contribution is 5.22. The number of hydrogen-bond donors (Lipinski definition) is 1. The minimum absolute atomic E-state index is 0.399. The van der Waals surface area contributed by atoms with Crippen molar-refractivity contribution in [1.29, 1.82) is 0 Å². The fourth-order valence-corrected chi connectivity index (χ4v) is 2.50. The Balaban J connectivity index is 1.98. The first kappa shape index (κ1) is 12.6. The third-order valence-electron chi connectivity index (χ3n) is 3.46. The molecule has 1 saturated heterocycles. The van der Waals surface area contributed by atoms with Crippen LogP contribution < -0.4 is 5.32 Å². The zero-order valence-electron chi connectivity index (χ0n) is 10.9. The molecule has 0 radical (unpaired) electrons. The average molecular weight is 233 g/mol. The maximum Gasteiger partial charge on any atom is 0.0732 e. The third-order valence-corrected chi connectivity index (χ3v) is 3.46. The number of hydrogen-bond acceptors (Lipinski definition) is 2. The molecule has 17 heavy (non-hydrogen) atoms. The molecule has 1 N–H and O–H groups in total. The minimum Gasteiger partial charge on any atom is -0.377 e. The van der Waals surface area contributed by atoms with Crippen molar-refractivity contribution in [2.45, 2.75) is 45.3 Å². The van der Waals surface area contributed by atoms with Gasteiger partial charge in [0, 0.05) is 12.6 Å². The molecule has 0 spiro atoms. The van der Waals surface area contributed by atoms with Gasteiger partial charge < -0.3 is 10.1 Å². The van der Waals surface area contributed by atoms with E-state index in [4.69, 9.17) is 4.74 Å². The molecule has 0 aliphatic carbocycles. The van der Waals surface area contributed by atoms with E-state index in [1.807, 2.05) is 0 Å². The lowest BCUT2D eigenvalue weighted by Crippen LogP contribution is -2.41. The quantitative estimate of drug-likeness (QED) is 0.844. The Hall–Kier alpha value is -0.860. The van der Waals surface area contributed by atoms with E-state index in [0.29, 0.717) is 12.1 Å². The van der Waals surface area contributed by atoms with E-state index in [1.54, 1.807) is 0 Å². The highest BCUT2D eigenvalue weighted by Gasteiger charge is 2.25. The topological polar surface area (TPSA) is 21.3 Å². The van der Waals surface area contributed by atoms with Crippen LogP contribution in [0.2, 0.25) is 0 Å². The number of aryl methyl sites for hydroxylation is 1. The van der Waals surface area contributed by atoms with Gasteiger partial charge in [0.05, 0.1) is 6.10 Å². The molecule has 0 aromatic heterocycles. The second-order valence-corrected chi connectivity index (χ2v) is 4.91. The van der Waals surface area contributed by atoms with E-state index in [0.717, 1.165) is 19.6 Å². The van der Waals surface area contributed by atoms with Crippen LogP contribution in [0.25, 0.3) is 0 Å². The van der Waals surface area contributed by atoms with Crippen LogP contribution in [0.3, 0.4) is 0 Å². The first-order valence-electron chi connectivity index (χ1n) is 6.70. The monoisotopic (exact) mass is 233 g/mol. The van der Waals surface area contributed by atoms with E-state index < -0.39 is 0 Å². The summed E-state index contributed by atoms with van der Waals surface area (Å²) in [4.78, 5) is 0. The second kappa shape index (κ2) is 6.18. The molecular formula is C15H23NO. The lowest BCUT2D eigenvalue weighted by atomic mass is 9.99. The molecule has 1 aliphatic heterocycles. The Labute approximate surface area is 104 Å². The molecule has 1 aromatic rings. The molecule has 0 saturated carbocycles. The highest BCUT2D eigenvalue weighted by atomic mass is 16.5. The van der Waals surface area contributed by atoms with Crippen LogP contribution in [0.4, 0.5) is 0 Å². The predicted octanol–water partition coefficient (Wildman–Crippen LogP) is 2.69. The van der Waals surface area contributed by atoms with Gasteiger partial charge in [-0.2, -0.15) is 0 Å². The van der Waals surface area contributed by atoms with Crippen LogP contribution >= 0.6 is 0 Å². The van der Waals surface area contributed by atoms with Crippen molar-refractivity contribution in [2.24, 2.45) is 0 Å². The number of ether oxygens (including phenoxy) is 1. The summed E-state index contributed by atoms with van der Waals surface area (Å²) < 4.78 is 5.80. The minimum atomic E-state index is 0.399. The zero-order valence-corrected chi connectivity index (χ0v) is 10.9. The predicted molar refractivity (Wildman–Crippen MR) is 71.3 cm³/mol. The van der Waals surface area contributed by atoms with Crippen molar-refractivity contribution in [3.8, 4) is 0 Å². The standard InChI is InChI=1S/C15H23NO/c1-3-16-14(15-5-4-10-17-15)11-13-8-6-12(2)7-9-13/h6-9,14-16H,3-5,10-11H2,1-2H3. The Kier molecular flexibility index (Phi) is 4.57. The summed E-state index contributed by atoms with van der Waals surface area (Å²) in [6, 6.07) is 9.30. The molecule has 1 heterocycles. The number of benzene rings is 1. The SMILES string of the molecule is CCNC(Cc1ccc(C)cc1)C1CCCO1. The summed E-state index contributed by atoms with van der Waals surface area (Å²) in [7, 11) is 0. The summed E-state index contributed by atoms with van der Waals surface area (Å²) in [6.07, 6.45) is 3.87. The Morgan fingerprint density at radius 3 is 2.71 bits per heavy atom. The smallest absolute Gasteiger partial charge is 0.0732 e. The van der Waals surface area contributed by atoms with E-state index in [9.17, 15) is 0 Å². The highest BCUT2D eigenvalue weighted by Crippen LogP contribution is 2.19. The van der Waals surface area contributed by atoms with Gasteiger partial charge in [-0.15, -0.1) is 0 Å². The third kappa shape index (κ3) is 3.55. The van der Waals surface area contributed by atoms with Gasteiger partial charge in [-0.05, 0) is 38.3 Å². The fraction of sp³-hybridized carbons (Fsp3) is 0.600. The number of rotatable bonds is 5. The van der Waals surface area contributed by atoms with Gasteiger partial charge in [-0.1, -0.05) is 36.8 Å². The first-order chi connectivity index (χ1) is 8.29. The molecule has 0 bridgehead atoms. The van der Waals surface area contributed by atoms with Crippen molar-refractivity contribution in [3.05, 3.63) is 35.4 Å². The van der Waals surface area contributed by atoms with E-state index >= 15 is 0 Å². The molecule has 1 fully saturated rings. The maximum atomic E-state index is 5.80. The molecule has 94 valence electrons. The summed E-state index contributed by atoms with van der Waals surface area (Å²) in [6.45, 7) is 6.24. The summed E-state index contributed by atoms with van der Waals surface area (Å²) in [5.41, 5.74) is 2.72. The Morgan fingerprint density at radius 2 is 2.12 bits per heavy atom. The Bertz CT molecular complexity index is 327. The largest absolute Gasteiger partial charge is 0.377 e. The lowest BCUT2D eigenvalue weighted by molar-refractivity contribution is 0.0789. The van der Waals surface area contributed by atoms with Crippen LogP contribution in [0.5, 0.6) is 0 Å². The molecule has 2 heteroatoms. The van der Waals surface area contributed by atoms with Crippen LogP contribution in [0, 0.1) is 6.92 Å². The van der Waals surface area contributed by atoms with E-state index in [1.165, 1.54) is 24.0 Å². The van der Waals surface area contributed by atoms with E-state index in [-0.39, 0.29) is 0 Å². The van der Waals surface area contributed by atoms with Crippen molar-refractivity contribution in [2.75, 3.05) is 13.2 Å². The van der Waals surface area contributed by atoms with Crippen LogP contribution in [0.15, 0.2) is 24.3 Å². The molecule has 0 amide bonds. The molecule has 1 aromatic carbocycles. The number of nitrogens with one attached hydrogen (secondary N) is 1. The summed E-state index contributed by atoms with van der Waals surface area (Å²) >= 11 is 0. The first-order valence-corrected chi connectivity index (χ1v) is 6.70. The van der Waals surface area contributed by atoms with Crippen LogP contribution in [-0.2, 0) is 11.2 Å². The van der Waals surface area contributed by atoms with Gasteiger partial charge in [-0.3, -0.25) is 0 Å². The van der Waals surface area contributed by atoms with Gasteiger partial charge in [0.2, 0.25) is 0 Å². The maximum absolute atomic E-state index is 5.80. The molecule has 2 atom stereocenters. The molecule has 2 unspecified atom stereocenters. The summed E-state index contributed by atoms with van der Waals surface area (Å²) in [5, 5.41) is 3.56. The number of likely N-dealkylation sites (N-methyl/N-ethyl adjacent to an activating group) is 1. The van der Waals surface area contributed by atoms with Crippen molar-refractivity contribution < 1.29 is 4.74 Å². The van der Waals surface area contributed by atoms with Gasteiger partial charge in [-0.25, -0.2) is 0 Å². The van der Waals surface area contributed by atoms with Crippen molar-refractivity contribution in [1.82, 2.24) is 5.32 Å². The van der Waals surface area contributed by atoms with Crippen LogP contribution in [-0.4, -0.2) is 25.3 Å². The molecular weight excluding hydrogens is 210 g/mol. The summed E-state index contributed by atoms with van der Waals surface area (Å²) in [5.74, 6) is 0. The van der Waals surface area contributed by atoms with Gasteiger partial charge in [0.25, 0.3) is 0 Å². The van der Waals surface area contributed by atoms with Crippen molar-refractivity contribution >= 4 is 0 Å². The molecule has 1 aliphatic rings. The zero-order chi connectivity index (χ0) is 12.1. The Morgan fingerprint density at radius 1 is 1.35 bits per heavy atom. The molecule has 2 nitrogen and oxygen atoms in total. The van der Waals surface area contributed by atoms with Gasteiger partial charge in [0.1, 0.15) is 0 Å². The second-order valence-electron chi connectivity index (χ2n) is 4.91. The van der Waals surface area contributed by atoms with Crippen molar-refractivity contribution in [3.63, 3.8) is 0 Å². The normalized spacial score (nSPS) is 21.6. The van der Waals surface area contributed by atoms with E-state index in [2.05, 4.69) is 43.4 Å². The van der Waals surface area contributed by atoms with Crippen LogP contribution in [0.1, 0.15) is 30.9 Å². The average Bonchev–Trinajstić information content (AvgIpc) is 2.85. The lowest BCUT2D eigenvalue weighted by Gasteiger charge is -2.24. The fourth-order valence-electron chi connectivity index (χ4n) is 2.50. The molecule has 2 rings (SSSR count). The van der Waals surface area contributed by atoms with Gasteiger partial charge in [0.15, 0.2) is 0 Å².